The van der Waals surface area contributed by atoms with E-state index < -0.39 is 5.91 Å². The number of aliphatic hydroxyl groups excluding tert-OH is 1. The smallest absolute Gasteiger partial charge is 0.271 e. The third-order valence-electron chi connectivity index (χ3n) is 3.03. The van der Waals surface area contributed by atoms with E-state index in [1.165, 1.54) is 21.9 Å². The summed E-state index contributed by atoms with van der Waals surface area (Å²) in [6.07, 6.45) is 2.60. The Bertz CT molecular complexity index is 677. The van der Waals surface area contributed by atoms with Crippen LogP contribution in [0.5, 0.6) is 0 Å². The molecule has 0 bridgehead atoms. The molecule has 0 aliphatic rings. The van der Waals surface area contributed by atoms with E-state index in [-0.39, 0.29) is 23.8 Å². The lowest BCUT2D eigenvalue weighted by atomic mass is 10.2. The van der Waals surface area contributed by atoms with Crippen LogP contribution in [0.4, 0.5) is 0 Å². The first kappa shape index (κ1) is 14.7. The lowest BCUT2D eigenvalue weighted by molar-refractivity contribution is 0.0934. The number of rotatable bonds is 5. The lowest BCUT2D eigenvalue weighted by Crippen LogP contribution is -2.37. The molecule has 108 valence electrons. The number of fused-ring (bicyclic) bond motifs is 1. The van der Waals surface area contributed by atoms with Gasteiger partial charge in [-0.3, -0.25) is 14.0 Å². The predicted octanol–water partition coefficient (Wildman–Crippen LogP) is 0.955. The summed E-state index contributed by atoms with van der Waals surface area (Å²) in [4.78, 5) is 29.1. The molecule has 1 unspecified atom stereocenters. The Kier molecular flexibility index (Phi) is 4.51. The summed E-state index contributed by atoms with van der Waals surface area (Å²) in [5.41, 5.74) is 0.464. The van der Waals surface area contributed by atoms with Gasteiger partial charge in [0, 0.05) is 29.9 Å². The van der Waals surface area contributed by atoms with Crippen molar-refractivity contribution in [3.8, 4) is 0 Å². The summed E-state index contributed by atoms with van der Waals surface area (Å²) >= 11 is 1.37. The van der Waals surface area contributed by atoms with E-state index in [1.807, 2.05) is 12.3 Å². The molecule has 0 radical (unpaired) electrons. The predicted molar refractivity (Wildman–Crippen MR) is 77.3 cm³/mol. The van der Waals surface area contributed by atoms with Crippen molar-refractivity contribution in [3.63, 3.8) is 0 Å². The highest BCUT2D eigenvalue weighted by atomic mass is 32.1. The van der Waals surface area contributed by atoms with Crippen LogP contribution < -0.4 is 10.9 Å². The number of carbonyl (C=O) groups excluding carboxylic acids is 1. The Hall–Kier alpha value is -1.73. The minimum Gasteiger partial charge on any atom is -0.396 e. The Morgan fingerprint density at radius 2 is 2.35 bits per heavy atom. The normalized spacial score (nSPS) is 12.6. The molecule has 2 heterocycles. The van der Waals surface area contributed by atoms with Crippen molar-refractivity contribution in [1.29, 1.82) is 0 Å². The van der Waals surface area contributed by atoms with E-state index >= 15 is 0 Å². The Balaban J connectivity index is 2.24. The van der Waals surface area contributed by atoms with Crippen molar-refractivity contribution >= 4 is 22.2 Å². The molecule has 1 amide bonds. The molecule has 20 heavy (non-hydrogen) atoms. The van der Waals surface area contributed by atoms with Gasteiger partial charge < -0.3 is 10.4 Å². The summed E-state index contributed by atoms with van der Waals surface area (Å²) in [5, 5.41) is 13.3. The first-order chi connectivity index (χ1) is 9.54. The molecule has 2 rings (SSSR count). The monoisotopic (exact) mass is 295 g/mol. The molecule has 7 heteroatoms. The summed E-state index contributed by atoms with van der Waals surface area (Å²) in [5.74, 6) is -0.423. The number of nitrogens with zero attached hydrogens (tertiary/aromatic N) is 2. The SMILES string of the molecule is Cc1csc2ncc(C(=O)NC(C)CCCO)c(=O)n12. The van der Waals surface area contributed by atoms with Crippen molar-refractivity contribution in [2.45, 2.75) is 32.7 Å². The van der Waals surface area contributed by atoms with Crippen LogP contribution in [0.1, 0.15) is 35.8 Å². The molecule has 1 atom stereocenters. The average molecular weight is 295 g/mol. The molecule has 0 saturated carbocycles. The van der Waals surface area contributed by atoms with E-state index in [2.05, 4.69) is 10.3 Å². The maximum Gasteiger partial charge on any atom is 0.271 e. The second-order valence-corrected chi connectivity index (χ2v) is 5.55. The third-order valence-corrected chi connectivity index (χ3v) is 3.99. The average Bonchev–Trinajstić information content (AvgIpc) is 2.79. The highest BCUT2D eigenvalue weighted by Gasteiger charge is 2.16. The van der Waals surface area contributed by atoms with Gasteiger partial charge in [0.2, 0.25) is 0 Å². The number of aromatic nitrogens is 2. The van der Waals surface area contributed by atoms with Crippen molar-refractivity contribution in [2.24, 2.45) is 0 Å². The molecule has 6 nitrogen and oxygen atoms in total. The molecular formula is C13H17N3O3S. The van der Waals surface area contributed by atoms with Crippen LogP contribution >= 0.6 is 11.3 Å². The molecule has 0 spiro atoms. The second-order valence-electron chi connectivity index (χ2n) is 4.71. The highest BCUT2D eigenvalue weighted by molar-refractivity contribution is 7.15. The van der Waals surface area contributed by atoms with Gasteiger partial charge in [0.05, 0.1) is 0 Å². The molecule has 0 aromatic carbocycles. The highest BCUT2D eigenvalue weighted by Crippen LogP contribution is 2.11. The molecule has 2 aromatic heterocycles. The molecule has 0 aliphatic carbocycles. The molecule has 0 aliphatic heterocycles. The van der Waals surface area contributed by atoms with Gasteiger partial charge in [0.1, 0.15) is 5.56 Å². The maximum absolute atomic E-state index is 12.3. The van der Waals surface area contributed by atoms with Gasteiger partial charge in [-0.15, -0.1) is 11.3 Å². The molecule has 2 N–H and O–H groups in total. The van der Waals surface area contributed by atoms with Crippen molar-refractivity contribution < 1.29 is 9.90 Å². The van der Waals surface area contributed by atoms with Gasteiger partial charge >= 0.3 is 0 Å². The summed E-state index contributed by atoms with van der Waals surface area (Å²) in [6, 6.07) is -0.0988. The van der Waals surface area contributed by atoms with Crippen LogP contribution in [0.15, 0.2) is 16.4 Å². The first-order valence-electron chi connectivity index (χ1n) is 6.42. The largest absolute Gasteiger partial charge is 0.396 e. The van der Waals surface area contributed by atoms with Crippen LogP contribution in [0.2, 0.25) is 0 Å². The van der Waals surface area contributed by atoms with Crippen molar-refractivity contribution in [3.05, 3.63) is 33.2 Å². The Morgan fingerprint density at radius 1 is 1.60 bits per heavy atom. The van der Waals surface area contributed by atoms with E-state index in [0.717, 1.165) is 5.69 Å². The fourth-order valence-corrected chi connectivity index (χ4v) is 2.78. The van der Waals surface area contributed by atoms with Crippen LogP contribution in [-0.2, 0) is 0 Å². The number of aryl methyl sites for hydroxylation is 1. The number of hydrogen-bond donors (Lipinski definition) is 2. The zero-order valence-corrected chi connectivity index (χ0v) is 12.2. The first-order valence-corrected chi connectivity index (χ1v) is 7.30. The van der Waals surface area contributed by atoms with E-state index in [9.17, 15) is 9.59 Å². The van der Waals surface area contributed by atoms with Gasteiger partial charge in [-0.2, -0.15) is 0 Å². The number of hydrogen-bond acceptors (Lipinski definition) is 5. The van der Waals surface area contributed by atoms with Crippen molar-refractivity contribution in [2.75, 3.05) is 6.61 Å². The number of amides is 1. The quantitative estimate of drug-likeness (QED) is 0.860. The number of nitrogens with one attached hydrogen (secondary N) is 1. The summed E-state index contributed by atoms with van der Waals surface area (Å²) < 4.78 is 1.44. The van der Waals surface area contributed by atoms with E-state index in [4.69, 9.17) is 5.11 Å². The van der Waals surface area contributed by atoms with E-state index in [1.54, 1.807) is 6.92 Å². The van der Waals surface area contributed by atoms with Crippen LogP contribution in [0.3, 0.4) is 0 Å². The molecule has 0 saturated heterocycles. The van der Waals surface area contributed by atoms with Gasteiger partial charge in [0.15, 0.2) is 4.96 Å². The van der Waals surface area contributed by atoms with Gasteiger partial charge in [-0.25, -0.2) is 4.98 Å². The second kappa shape index (κ2) is 6.15. The summed E-state index contributed by atoms with van der Waals surface area (Å²) in [7, 11) is 0. The fourth-order valence-electron chi connectivity index (χ4n) is 1.95. The zero-order chi connectivity index (χ0) is 14.7. The molecule has 2 aromatic rings. The van der Waals surface area contributed by atoms with Crippen LogP contribution in [-0.4, -0.2) is 33.0 Å². The van der Waals surface area contributed by atoms with Gasteiger partial charge in [-0.05, 0) is 26.7 Å². The minimum atomic E-state index is -0.423. The van der Waals surface area contributed by atoms with Crippen molar-refractivity contribution in [1.82, 2.24) is 14.7 Å². The minimum absolute atomic E-state index is 0.0415. The number of thiazole rings is 1. The summed E-state index contributed by atoms with van der Waals surface area (Å²) in [6.45, 7) is 3.73. The van der Waals surface area contributed by atoms with Gasteiger partial charge in [-0.1, -0.05) is 0 Å². The topological polar surface area (TPSA) is 83.7 Å². The molecular weight excluding hydrogens is 278 g/mol. The maximum atomic E-state index is 12.3. The van der Waals surface area contributed by atoms with Crippen LogP contribution in [0, 0.1) is 6.92 Å². The molecule has 0 fully saturated rings. The number of carbonyl (C=O) groups is 1. The number of aliphatic hydroxyl groups is 1. The Labute approximate surface area is 120 Å². The van der Waals surface area contributed by atoms with E-state index in [0.29, 0.717) is 17.8 Å². The zero-order valence-electron chi connectivity index (χ0n) is 11.4. The third kappa shape index (κ3) is 2.88. The Morgan fingerprint density at radius 3 is 3.05 bits per heavy atom. The van der Waals surface area contributed by atoms with Crippen LogP contribution in [0.25, 0.3) is 4.96 Å². The standard InChI is InChI=1S/C13H17N3O3S/c1-8(4-3-5-17)15-11(18)10-6-14-13-16(12(10)19)9(2)7-20-13/h6-8,17H,3-5H2,1-2H3,(H,15,18). The fraction of sp³-hybridized carbons (Fsp3) is 0.462. The lowest BCUT2D eigenvalue weighted by Gasteiger charge is -2.12. The van der Waals surface area contributed by atoms with Gasteiger partial charge in [0.25, 0.3) is 11.5 Å².